The molecule has 10 atom stereocenters. The molecule has 60 heavy (non-hydrogen) atoms. The normalized spacial score (nSPS) is 26.1. The smallest absolute Gasteiger partial charge is 0.303 e. The van der Waals surface area contributed by atoms with E-state index in [1.165, 1.54) is 30.3 Å². The van der Waals surface area contributed by atoms with Crippen LogP contribution in [0.15, 0.2) is 60.7 Å². The third-order valence-corrected chi connectivity index (χ3v) is 8.50. The molecule has 19 nitrogen and oxygen atoms in total. The fourth-order valence-electron chi connectivity index (χ4n) is 6.23. The van der Waals surface area contributed by atoms with E-state index in [-0.39, 0.29) is 11.5 Å². The van der Waals surface area contributed by atoms with E-state index in [1.807, 2.05) is 30.3 Å². The molecule has 0 bridgehead atoms. The van der Waals surface area contributed by atoms with Crippen molar-refractivity contribution in [2.45, 2.75) is 110 Å². The summed E-state index contributed by atoms with van der Waals surface area (Å²) in [4.78, 5) is 99.3. The van der Waals surface area contributed by atoms with Crippen LogP contribution in [0.5, 0.6) is 5.75 Å². The van der Waals surface area contributed by atoms with E-state index in [2.05, 4.69) is 0 Å². The maximum absolute atomic E-state index is 12.9. The molecule has 2 aliphatic rings. The van der Waals surface area contributed by atoms with Crippen molar-refractivity contribution in [2.24, 2.45) is 0 Å². The molecule has 0 amide bonds. The largest absolute Gasteiger partial charge is 0.463 e. The van der Waals surface area contributed by atoms with Gasteiger partial charge in [-0.1, -0.05) is 36.4 Å². The quantitative estimate of drug-likeness (QED) is 0.102. The van der Waals surface area contributed by atoms with Crippen LogP contribution in [0.3, 0.4) is 0 Å². The van der Waals surface area contributed by atoms with Gasteiger partial charge < -0.3 is 52.1 Å². The minimum Gasteiger partial charge on any atom is -0.463 e. The molecule has 19 heteroatoms. The lowest BCUT2D eigenvalue weighted by Crippen LogP contribution is -2.67. The SMILES string of the molecule is CC(=O)OCC1OC(OC2C(COC(C)=O)OC(Oc3ccc(C(=O)C=Cc4ccccc4)cc3)C(OC(C)=O)C2OC(C)=O)C(OC(C)=O)C(OC(C)=O)C1OC(C)=O. The lowest BCUT2D eigenvalue weighted by Gasteiger charge is -2.48. The number of allylic oxidation sites excluding steroid dienone is 1. The molecule has 0 N–H and O–H groups in total. The maximum atomic E-state index is 12.9. The van der Waals surface area contributed by atoms with Crippen LogP contribution in [0.1, 0.15) is 64.4 Å². The van der Waals surface area contributed by atoms with Gasteiger partial charge in [-0.15, -0.1) is 0 Å². The number of carbonyl (C=O) groups is 8. The summed E-state index contributed by atoms with van der Waals surface area (Å²) in [6.45, 7) is 6.21. The van der Waals surface area contributed by atoms with Crippen LogP contribution in [0.2, 0.25) is 0 Å². The highest BCUT2D eigenvalue weighted by Crippen LogP contribution is 2.36. The molecule has 4 rings (SSSR count). The van der Waals surface area contributed by atoms with Crippen LogP contribution in [0, 0.1) is 0 Å². The Morgan fingerprint density at radius 1 is 0.500 bits per heavy atom. The van der Waals surface area contributed by atoms with Crippen LogP contribution < -0.4 is 4.74 Å². The zero-order valence-corrected chi connectivity index (χ0v) is 33.8. The first-order valence-corrected chi connectivity index (χ1v) is 18.5. The number of benzene rings is 2. The molecule has 0 radical (unpaired) electrons. The molecular formula is C41H46O19. The second kappa shape index (κ2) is 21.7. The Morgan fingerprint density at radius 2 is 0.933 bits per heavy atom. The van der Waals surface area contributed by atoms with Crippen molar-refractivity contribution in [1.82, 2.24) is 0 Å². The Kier molecular flexibility index (Phi) is 16.8. The van der Waals surface area contributed by atoms with Crippen molar-refractivity contribution in [2.75, 3.05) is 13.2 Å². The van der Waals surface area contributed by atoms with Gasteiger partial charge in [0.25, 0.3) is 0 Å². The van der Waals surface area contributed by atoms with E-state index in [0.717, 1.165) is 54.0 Å². The van der Waals surface area contributed by atoms with E-state index in [1.54, 1.807) is 6.08 Å². The highest BCUT2D eigenvalue weighted by atomic mass is 16.8. The predicted molar refractivity (Wildman–Crippen MR) is 200 cm³/mol. The van der Waals surface area contributed by atoms with Crippen molar-refractivity contribution in [3.05, 3.63) is 71.8 Å². The molecule has 0 aliphatic carbocycles. The van der Waals surface area contributed by atoms with Gasteiger partial charge in [0.2, 0.25) is 12.4 Å². The molecule has 0 spiro atoms. The van der Waals surface area contributed by atoms with Crippen molar-refractivity contribution < 1.29 is 90.5 Å². The van der Waals surface area contributed by atoms with Crippen LogP contribution in [-0.2, 0) is 80.9 Å². The highest BCUT2D eigenvalue weighted by Gasteiger charge is 2.58. The summed E-state index contributed by atoms with van der Waals surface area (Å²) in [6, 6.07) is 15.0. The molecule has 2 aromatic rings. The molecule has 0 saturated carbocycles. The molecule has 2 fully saturated rings. The third-order valence-electron chi connectivity index (χ3n) is 8.50. The predicted octanol–water partition coefficient (Wildman–Crippen LogP) is 2.58. The van der Waals surface area contributed by atoms with Gasteiger partial charge in [-0.25, -0.2) is 0 Å². The van der Waals surface area contributed by atoms with Crippen molar-refractivity contribution in [3.8, 4) is 5.75 Å². The summed E-state index contributed by atoms with van der Waals surface area (Å²) in [5.74, 6) is -6.26. The number of esters is 7. The van der Waals surface area contributed by atoms with Crippen LogP contribution in [-0.4, -0.2) is 122 Å². The molecule has 0 aromatic heterocycles. The van der Waals surface area contributed by atoms with Gasteiger partial charge in [0.05, 0.1) is 0 Å². The summed E-state index contributed by atoms with van der Waals surface area (Å²) < 4.78 is 62.9. The Morgan fingerprint density at radius 3 is 1.43 bits per heavy atom. The second-order valence-electron chi connectivity index (χ2n) is 13.4. The van der Waals surface area contributed by atoms with Gasteiger partial charge in [0.15, 0.2) is 36.5 Å². The summed E-state index contributed by atoms with van der Waals surface area (Å²) in [7, 11) is 0. The Hall–Kier alpha value is -6.18. The first-order valence-electron chi connectivity index (χ1n) is 18.5. The number of carbonyl (C=O) groups excluding carboxylic acids is 8. The van der Waals surface area contributed by atoms with Gasteiger partial charge in [0.1, 0.15) is 37.3 Å². The highest BCUT2D eigenvalue weighted by molar-refractivity contribution is 6.06. The van der Waals surface area contributed by atoms with Gasteiger partial charge in [-0.2, -0.15) is 0 Å². The summed E-state index contributed by atoms with van der Waals surface area (Å²) in [5.41, 5.74) is 1.12. The molecule has 2 aromatic carbocycles. The molecule has 324 valence electrons. The first-order chi connectivity index (χ1) is 28.4. The molecular weight excluding hydrogens is 796 g/mol. The number of ether oxygens (including phenoxy) is 11. The Balaban J connectivity index is 1.75. The zero-order valence-electron chi connectivity index (χ0n) is 33.8. The number of ketones is 1. The monoisotopic (exact) mass is 842 g/mol. The Bertz CT molecular complexity index is 1890. The van der Waals surface area contributed by atoms with E-state index in [0.29, 0.717) is 5.56 Å². The minimum absolute atomic E-state index is 0.104. The lowest BCUT2D eigenvalue weighted by atomic mass is 9.96. The average molecular weight is 843 g/mol. The van der Waals surface area contributed by atoms with Gasteiger partial charge in [0, 0.05) is 54.0 Å². The van der Waals surface area contributed by atoms with E-state index in [9.17, 15) is 38.4 Å². The number of rotatable bonds is 16. The molecule has 2 saturated heterocycles. The average Bonchev–Trinajstić information content (AvgIpc) is 3.16. The topological polar surface area (TPSA) is 238 Å². The molecule has 2 heterocycles. The molecule has 2 aliphatic heterocycles. The van der Waals surface area contributed by atoms with Gasteiger partial charge in [-0.05, 0) is 35.9 Å². The third kappa shape index (κ3) is 13.7. The first kappa shape index (κ1) is 46.5. The van der Waals surface area contributed by atoms with E-state index >= 15 is 0 Å². The fourth-order valence-corrected chi connectivity index (χ4v) is 6.23. The van der Waals surface area contributed by atoms with E-state index in [4.69, 9.17) is 52.1 Å². The van der Waals surface area contributed by atoms with E-state index < -0.39 is 116 Å². The second-order valence-corrected chi connectivity index (χ2v) is 13.4. The lowest BCUT2D eigenvalue weighted by molar-refractivity contribution is -0.354. The fraction of sp³-hybridized carbons (Fsp3) is 0.463. The standard InChI is InChI=1S/C41H46O19/c1-21(42)50-19-32-34(52-23(3)44)36(53-24(4)45)39(56-27(7)48)41(59-32)60-35-33(20-51-22(2)43)58-40(38(55-26(6)47)37(35)54-25(5)46)57-30-16-14-29(15-17-30)31(49)18-13-28-11-9-8-10-12-28/h8-18,32-41H,19-20H2,1-7H3. The van der Waals surface area contributed by atoms with Crippen LogP contribution in [0.4, 0.5) is 0 Å². The van der Waals surface area contributed by atoms with Crippen LogP contribution in [0.25, 0.3) is 6.08 Å². The molecule has 10 unspecified atom stereocenters. The zero-order chi connectivity index (χ0) is 44.1. The van der Waals surface area contributed by atoms with Crippen molar-refractivity contribution >= 4 is 53.6 Å². The summed E-state index contributed by atoms with van der Waals surface area (Å²) in [5, 5.41) is 0. The Labute approximate surface area is 344 Å². The minimum atomic E-state index is -1.84. The van der Waals surface area contributed by atoms with Crippen molar-refractivity contribution in [3.63, 3.8) is 0 Å². The summed E-state index contributed by atoms with van der Waals surface area (Å²) in [6.07, 6.45) is -13.1. The number of hydrogen-bond acceptors (Lipinski definition) is 19. The number of hydrogen-bond donors (Lipinski definition) is 0. The van der Waals surface area contributed by atoms with Crippen molar-refractivity contribution in [1.29, 1.82) is 0 Å². The summed E-state index contributed by atoms with van der Waals surface area (Å²) >= 11 is 0. The van der Waals surface area contributed by atoms with Gasteiger partial charge >= 0.3 is 41.8 Å². The van der Waals surface area contributed by atoms with Crippen LogP contribution >= 0.6 is 0 Å². The maximum Gasteiger partial charge on any atom is 0.303 e. The van der Waals surface area contributed by atoms with Gasteiger partial charge in [-0.3, -0.25) is 38.4 Å².